The molecule has 1 atom stereocenters. The van der Waals surface area contributed by atoms with Gasteiger partial charge in [0.1, 0.15) is 28.9 Å². The summed E-state index contributed by atoms with van der Waals surface area (Å²) in [6, 6.07) is 7.34. The largest absolute Gasteiger partial charge is 0.496 e. The first-order valence-corrected chi connectivity index (χ1v) is 7.75. The number of hydrogen-bond donors (Lipinski definition) is 1. The molecule has 1 aromatic heterocycles. The number of rotatable bonds is 2. The molecule has 128 valence electrons. The van der Waals surface area contributed by atoms with Crippen LogP contribution in [0.2, 0.25) is 0 Å². The van der Waals surface area contributed by atoms with Gasteiger partial charge < -0.3 is 19.6 Å². The number of nitrogens with zero attached hydrogens (tertiary/aromatic N) is 1. The maximum absolute atomic E-state index is 12.5. The number of nitrogens with two attached hydrogens (primary N) is 1. The van der Waals surface area contributed by atoms with Crippen LogP contribution in [0.4, 0.5) is 0 Å². The summed E-state index contributed by atoms with van der Waals surface area (Å²) in [5.74, 6) is 0.828. The SMILES string of the molecule is COc1ccc(C2C(C#N)=C(N)Oc3cc(C)oc(=O)c32)c(C)c1C. The van der Waals surface area contributed by atoms with Gasteiger partial charge in [-0.25, -0.2) is 4.79 Å². The van der Waals surface area contributed by atoms with Crippen LogP contribution in [0.5, 0.6) is 11.5 Å². The molecule has 0 saturated carbocycles. The third kappa shape index (κ3) is 2.54. The van der Waals surface area contributed by atoms with Crippen molar-refractivity contribution in [1.29, 1.82) is 5.26 Å². The summed E-state index contributed by atoms with van der Waals surface area (Å²) in [6.45, 7) is 5.50. The Hall–Kier alpha value is -3.20. The average Bonchev–Trinajstić information content (AvgIpc) is 2.56. The van der Waals surface area contributed by atoms with Gasteiger partial charge in [0, 0.05) is 6.07 Å². The van der Waals surface area contributed by atoms with Crippen molar-refractivity contribution in [3.8, 4) is 17.6 Å². The van der Waals surface area contributed by atoms with Gasteiger partial charge in [-0.15, -0.1) is 0 Å². The molecule has 6 heteroatoms. The van der Waals surface area contributed by atoms with Crippen LogP contribution in [0.25, 0.3) is 0 Å². The fraction of sp³-hybridized carbons (Fsp3) is 0.263. The van der Waals surface area contributed by atoms with E-state index in [1.165, 1.54) is 0 Å². The van der Waals surface area contributed by atoms with Gasteiger partial charge in [-0.3, -0.25) is 0 Å². The summed E-state index contributed by atoms with van der Waals surface area (Å²) in [7, 11) is 1.60. The Balaban J connectivity index is 2.34. The minimum absolute atomic E-state index is 0.00197. The number of methoxy groups -OCH3 is 1. The van der Waals surface area contributed by atoms with Crippen molar-refractivity contribution in [2.45, 2.75) is 26.7 Å². The Morgan fingerprint density at radius 1 is 1.24 bits per heavy atom. The zero-order chi connectivity index (χ0) is 18.3. The molecular weight excluding hydrogens is 320 g/mol. The van der Waals surface area contributed by atoms with Crippen LogP contribution in [0.1, 0.15) is 33.9 Å². The average molecular weight is 338 g/mol. The summed E-state index contributed by atoms with van der Waals surface area (Å²) < 4.78 is 16.1. The molecule has 0 amide bonds. The number of benzene rings is 1. The van der Waals surface area contributed by atoms with Crippen LogP contribution in [0.3, 0.4) is 0 Å². The fourth-order valence-electron chi connectivity index (χ4n) is 3.18. The van der Waals surface area contributed by atoms with Crippen LogP contribution in [-0.2, 0) is 0 Å². The van der Waals surface area contributed by atoms with Crippen LogP contribution < -0.4 is 20.8 Å². The van der Waals surface area contributed by atoms with Gasteiger partial charge in [0.2, 0.25) is 5.88 Å². The molecule has 1 aliphatic heterocycles. The Morgan fingerprint density at radius 3 is 2.60 bits per heavy atom. The molecular formula is C19H18N2O4. The zero-order valence-corrected chi connectivity index (χ0v) is 14.5. The molecule has 1 aliphatic rings. The number of hydrogen-bond acceptors (Lipinski definition) is 6. The van der Waals surface area contributed by atoms with Crippen LogP contribution in [0.15, 0.2) is 38.9 Å². The van der Waals surface area contributed by atoms with E-state index in [0.29, 0.717) is 11.5 Å². The second kappa shape index (κ2) is 6.02. The normalized spacial score (nSPS) is 16.0. The van der Waals surface area contributed by atoms with Crippen LogP contribution in [0, 0.1) is 32.1 Å². The van der Waals surface area contributed by atoms with E-state index in [1.54, 1.807) is 20.1 Å². The molecule has 0 radical (unpaired) electrons. The topological polar surface area (TPSA) is 98.5 Å². The molecule has 1 aromatic carbocycles. The summed E-state index contributed by atoms with van der Waals surface area (Å²) in [6.07, 6.45) is 0. The lowest BCUT2D eigenvalue weighted by molar-refractivity contribution is 0.371. The predicted molar refractivity (Wildman–Crippen MR) is 91.5 cm³/mol. The lowest BCUT2D eigenvalue weighted by atomic mass is 9.81. The summed E-state index contributed by atoms with van der Waals surface area (Å²) in [5, 5.41) is 9.60. The van der Waals surface area contributed by atoms with E-state index in [0.717, 1.165) is 22.4 Å². The lowest BCUT2D eigenvalue weighted by Gasteiger charge is -2.27. The van der Waals surface area contributed by atoms with Gasteiger partial charge in [0.05, 0.1) is 18.6 Å². The molecule has 6 nitrogen and oxygen atoms in total. The van der Waals surface area contributed by atoms with Crippen LogP contribution in [-0.4, -0.2) is 7.11 Å². The fourth-order valence-corrected chi connectivity index (χ4v) is 3.18. The maximum atomic E-state index is 12.5. The van der Waals surface area contributed by atoms with E-state index in [2.05, 4.69) is 6.07 Å². The van der Waals surface area contributed by atoms with Gasteiger partial charge >= 0.3 is 5.63 Å². The van der Waals surface area contributed by atoms with Crippen LogP contribution >= 0.6 is 0 Å². The summed E-state index contributed by atoms with van der Waals surface area (Å²) in [4.78, 5) is 12.5. The molecule has 0 aliphatic carbocycles. The van der Waals surface area contributed by atoms with E-state index in [4.69, 9.17) is 19.6 Å². The number of aryl methyl sites for hydroxylation is 1. The molecule has 2 N–H and O–H groups in total. The van der Waals surface area contributed by atoms with Gasteiger partial charge in [0.25, 0.3) is 0 Å². The van der Waals surface area contributed by atoms with E-state index in [9.17, 15) is 10.1 Å². The highest BCUT2D eigenvalue weighted by Crippen LogP contribution is 2.42. The van der Waals surface area contributed by atoms with Crippen molar-refractivity contribution in [2.24, 2.45) is 5.73 Å². The molecule has 1 unspecified atom stereocenters. The number of fused-ring (bicyclic) bond motifs is 1. The number of nitriles is 1. The Kier molecular flexibility index (Phi) is 4.01. The van der Waals surface area contributed by atoms with Crippen molar-refractivity contribution < 1.29 is 13.9 Å². The quantitative estimate of drug-likeness (QED) is 0.904. The Labute approximate surface area is 145 Å². The smallest absolute Gasteiger partial charge is 0.343 e. The first kappa shape index (κ1) is 16.7. The van der Waals surface area contributed by atoms with Crippen molar-refractivity contribution in [3.63, 3.8) is 0 Å². The minimum atomic E-state index is -0.643. The number of ether oxygens (including phenoxy) is 2. The highest BCUT2D eigenvalue weighted by atomic mass is 16.5. The van der Waals surface area contributed by atoms with Crippen molar-refractivity contribution in [2.75, 3.05) is 7.11 Å². The number of allylic oxidation sites excluding steroid dienone is 1. The van der Waals surface area contributed by atoms with E-state index < -0.39 is 11.5 Å². The van der Waals surface area contributed by atoms with Crippen molar-refractivity contribution >= 4 is 0 Å². The lowest BCUT2D eigenvalue weighted by Crippen LogP contribution is -2.26. The molecule has 25 heavy (non-hydrogen) atoms. The third-order valence-corrected chi connectivity index (χ3v) is 4.57. The standard InChI is InChI=1S/C19H18N2O4/c1-9-7-15-17(19(22)24-9)16(13(8-20)18(21)25-15)12-5-6-14(23-4)11(3)10(12)2/h5-7,16H,21H2,1-4H3. The van der Waals surface area contributed by atoms with Gasteiger partial charge in [-0.2, -0.15) is 5.26 Å². The van der Waals surface area contributed by atoms with E-state index in [-0.39, 0.29) is 17.0 Å². The molecule has 0 saturated heterocycles. The van der Waals surface area contributed by atoms with E-state index >= 15 is 0 Å². The monoisotopic (exact) mass is 338 g/mol. The maximum Gasteiger partial charge on any atom is 0.343 e. The van der Waals surface area contributed by atoms with Crippen molar-refractivity contribution in [3.05, 3.63) is 68.1 Å². The predicted octanol–water partition coefficient (Wildman–Crippen LogP) is 2.79. The summed E-state index contributed by atoms with van der Waals surface area (Å²) >= 11 is 0. The Bertz CT molecular complexity index is 996. The summed E-state index contributed by atoms with van der Waals surface area (Å²) in [5.41, 5.74) is 8.53. The van der Waals surface area contributed by atoms with Gasteiger partial charge in [-0.1, -0.05) is 6.07 Å². The molecule has 0 bridgehead atoms. The first-order chi connectivity index (χ1) is 11.9. The minimum Gasteiger partial charge on any atom is -0.496 e. The molecule has 2 aromatic rings. The highest BCUT2D eigenvalue weighted by molar-refractivity contribution is 5.58. The first-order valence-electron chi connectivity index (χ1n) is 7.75. The molecule has 0 fully saturated rings. The molecule has 0 spiro atoms. The van der Waals surface area contributed by atoms with Gasteiger partial charge in [-0.05, 0) is 43.5 Å². The highest BCUT2D eigenvalue weighted by Gasteiger charge is 2.35. The Morgan fingerprint density at radius 2 is 1.96 bits per heavy atom. The molecule has 2 heterocycles. The second-order valence-electron chi connectivity index (χ2n) is 5.95. The zero-order valence-electron chi connectivity index (χ0n) is 14.5. The van der Waals surface area contributed by atoms with Gasteiger partial charge in [0.15, 0.2) is 0 Å². The van der Waals surface area contributed by atoms with Crippen molar-refractivity contribution in [1.82, 2.24) is 0 Å². The second-order valence-corrected chi connectivity index (χ2v) is 5.95. The van der Waals surface area contributed by atoms with E-state index in [1.807, 2.05) is 26.0 Å². The molecule has 3 rings (SSSR count). The third-order valence-electron chi connectivity index (χ3n) is 4.57.